The minimum Gasteiger partial charge on any atom is -0.248 e. The molecule has 12 heavy (non-hydrogen) atoms. The molecule has 2 nitrogen and oxygen atoms in total. The zero-order valence-electron chi connectivity index (χ0n) is 4.89. The molecular formula is C3AgF6O2. The standard InChI is InChI=1S/C3F6O2.Ag/c4-2(5,1(10)11-9)3(6,7)8;. The molecule has 0 aliphatic heterocycles. The summed E-state index contributed by atoms with van der Waals surface area (Å²) < 4.78 is 66.7. The van der Waals surface area contributed by atoms with Crippen LogP contribution in [-0.4, -0.2) is 18.1 Å². The molecule has 0 aromatic rings. The van der Waals surface area contributed by atoms with Crippen LogP contribution in [0.2, 0.25) is 0 Å². The van der Waals surface area contributed by atoms with E-state index in [9.17, 15) is 31.3 Å². The fourth-order valence-corrected chi connectivity index (χ4v) is 0.164. The van der Waals surface area contributed by atoms with Crippen molar-refractivity contribution in [1.82, 2.24) is 0 Å². The third-order valence-electron chi connectivity index (χ3n) is 0.682. The SMILES string of the molecule is O=C(OF)C(F)(F)C(F)(F)F.[Ag]. The second-order valence-electron chi connectivity index (χ2n) is 1.44. The summed E-state index contributed by atoms with van der Waals surface area (Å²) in [5.41, 5.74) is 0. The van der Waals surface area contributed by atoms with Crippen molar-refractivity contribution >= 4 is 5.97 Å². The van der Waals surface area contributed by atoms with Gasteiger partial charge in [0.25, 0.3) is 0 Å². The zero-order chi connectivity index (χ0) is 9.28. The Kier molecular flexibility index (Phi) is 4.95. The fraction of sp³-hybridized carbons (Fsp3) is 0.667. The van der Waals surface area contributed by atoms with Gasteiger partial charge in [0.1, 0.15) is 0 Å². The summed E-state index contributed by atoms with van der Waals surface area (Å²) in [4.78, 5) is 11.1. The van der Waals surface area contributed by atoms with Crippen LogP contribution in [0, 0.1) is 0 Å². The van der Waals surface area contributed by atoms with Crippen LogP contribution in [0.5, 0.6) is 0 Å². The minimum absolute atomic E-state index is 0. The van der Waals surface area contributed by atoms with Gasteiger partial charge in [-0.05, 0) is 0 Å². The second-order valence-corrected chi connectivity index (χ2v) is 1.44. The normalized spacial score (nSPS) is 11.8. The third kappa shape index (κ3) is 2.68. The average molecular weight is 290 g/mol. The van der Waals surface area contributed by atoms with E-state index in [1.807, 2.05) is 0 Å². The Hall–Kier alpha value is -0.210. The number of alkyl halides is 5. The van der Waals surface area contributed by atoms with E-state index in [-0.39, 0.29) is 22.4 Å². The van der Waals surface area contributed by atoms with Gasteiger partial charge in [-0.3, -0.25) is 0 Å². The van der Waals surface area contributed by atoms with Crippen LogP contribution in [0.15, 0.2) is 0 Å². The molecule has 0 aromatic carbocycles. The molecule has 0 saturated heterocycles. The smallest absolute Gasteiger partial charge is 0.248 e. The molecule has 0 amide bonds. The first-order valence-corrected chi connectivity index (χ1v) is 2.01. The quantitative estimate of drug-likeness (QED) is 0.542. The second kappa shape index (κ2) is 4.15. The first-order valence-electron chi connectivity index (χ1n) is 2.01. The first-order chi connectivity index (χ1) is 4.73. The van der Waals surface area contributed by atoms with Crippen LogP contribution in [0.1, 0.15) is 0 Å². The Labute approximate surface area is 77.3 Å². The van der Waals surface area contributed by atoms with Gasteiger partial charge >= 0.3 is 18.1 Å². The summed E-state index contributed by atoms with van der Waals surface area (Å²) in [6, 6.07) is 0. The molecule has 0 aromatic heterocycles. The van der Waals surface area contributed by atoms with Crippen molar-refractivity contribution in [2.45, 2.75) is 12.1 Å². The van der Waals surface area contributed by atoms with Crippen LogP contribution in [-0.2, 0) is 32.1 Å². The van der Waals surface area contributed by atoms with Crippen LogP contribution in [0.25, 0.3) is 0 Å². The van der Waals surface area contributed by atoms with Gasteiger partial charge < -0.3 is 0 Å². The maximum atomic E-state index is 11.5. The Morgan fingerprint density at radius 1 is 1.08 bits per heavy atom. The zero-order valence-corrected chi connectivity index (χ0v) is 6.37. The van der Waals surface area contributed by atoms with Gasteiger partial charge in [0.05, 0.1) is 0 Å². The van der Waals surface area contributed by atoms with Gasteiger partial charge in [0, 0.05) is 26.9 Å². The van der Waals surface area contributed by atoms with Gasteiger partial charge in [0.15, 0.2) is 0 Å². The molecule has 0 bridgehead atoms. The van der Waals surface area contributed by atoms with E-state index in [0.29, 0.717) is 0 Å². The van der Waals surface area contributed by atoms with Gasteiger partial charge in [-0.15, -0.1) is 0 Å². The van der Waals surface area contributed by atoms with Crippen molar-refractivity contribution in [2.24, 2.45) is 0 Å². The Balaban J connectivity index is 0. The predicted molar refractivity (Wildman–Crippen MR) is 18.2 cm³/mol. The molecule has 0 fully saturated rings. The molecule has 77 valence electrons. The first kappa shape index (κ1) is 14.3. The van der Waals surface area contributed by atoms with Crippen molar-refractivity contribution in [3.8, 4) is 0 Å². The maximum absolute atomic E-state index is 11.5. The van der Waals surface area contributed by atoms with Crippen LogP contribution in [0.3, 0.4) is 0 Å². The van der Waals surface area contributed by atoms with Crippen molar-refractivity contribution < 1.29 is 58.6 Å². The molecule has 0 aliphatic rings. The Morgan fingerprint density at radius 3 is 1.50 bits per heavy atom. The van der Waals surface area contributed by atoms with E-state index in [1.165, 1.54) is 0 Å². The van der Waals surface area contributed by atoms with Crippen LogP contribution < -0.4 is 0 Å². The topological polar surface area (TPSA) is 26.3 Å². The van der Waals surface area contributed by atoms with E-state index in [2.05, 4.69) is 0 Å². The number of hydrogen-bond donors (Lipinski definition) is 0. The summed E-state index contributed by atoms with van der Waals surface area (Å²) in [5, 5.41) is 0. The van der Waals surface area contributed by atoms with Gasteiger partial charge in [0.2, 0.25) is 0 Å². The van der Waals surface area contributed by atoms with Gasteiger partial charge in [-0.1, -0.05) is 0 Å². The minimum atomic E-state index is -6.13. The van der Waals surface area contributed by atoms with Crippen molar-refractivity contribution in [1.29, 1.82) is 0 Å². The van der Waals surface area contributed by atoms with E-state index in [4.69, 9.17) is 0 Å². The summed E-state index contributed by atoms with van der Waals surface area (Å²) in [5.74, 6) is -9.06. The van der Waals surface area contributed by atoms with E-state index < -0.39 is 18.1 Å². The molecule has 0 aliphatic carbocycles. The van der Waals surface area contributed by atoms with E-state index in [1.54, 1.807) is 4.94 Å². The van der Waals surface area contributed by atoms with Gasteiger partial charge in [-0.25, -0.2) is 9.74 Å². The molecule has 0 heterocycles. The van der Waals surface area contributed by atoms with Crippen molar-refractivity contribution in [2.75, 3.05) is 0 Å². The average Bonchev–Trinajstić information content (AvgIpc) is 1.83. The Bertz CT molecular complexity index is 165. The maximum Gasteiger partial charge on any atom is 0.465 e. The number of halogens is 6. The van der Waals surface area contributed by atoms with Gasteiger partial charge in [-0.2, -0.15) is 22.0 Å². The number of hydrogen-bond acceptors (Lipinski definition) is 2. The van der Waals surface area contributed by atoms with Crippen LogP contribution >= 0.6 is 0 Å². The molecule has 0 unspecified atom stereocenters. The molecule has 0 saturated carbocycles. The molecule has 0 atom stereocenters. The monoisotopic (exact) mass is 289 g/mol. The molecule has 1 radical (unpaired) electrons. The van der Waals surface area contributed by atoms with E-state index >= 15 is 0 Å². The largest absolute Gasteiger partial charge is 0.465 e. The third-order valence-corrected chi connectivity index (χ3v) is 0.682. The predicted octanol–water partition coefficient (Wildman–Crippen LogP) is 1.61. The summed E-state index contributed by atoms with van der Waals surface area (Å²) >= 11 is 0. The molecule has 9 heteroatoms. The Morgan fingerprint density at radius 2 is 1.42 bits per heavy atom. The van der Waals surface area contributed by atoms with Crippen molar-refractivity contribution in [3.05, 3.63) is 0 Å². The molecule has 0 rings (SSSR count). The number of carbonyl (C=O) groups excluding carboxylic acids is 1. The molecule has 0 N–H and O–H groups in total. The number of rotatable bonds is 1. The summed E-state index contributed by atoms with van der Waals surface area (Å²) in [6.07, 6.45) is -6.13. The fourth-order valence-electron chi connectivity index (χ4n) is 0.164. The van der Waals surface area contributed by atoms with Crippen LogP contribution in [0.4, 0.5) is 26.5 Å². The van der Waals surface area contributed by atoms with E-state index in [0.717, 1.165) is 0 Å². The van der Waals surface area contributed by atoms with Crippen molar-refractivity contribution in [3.63, 3.8) is 0 Å². The number of carbonyl (C=O) groups is 1. The summed E-state index contributed by atoms with van der Waals surface area (Å²) in [6.45, 7) is 0. The molecular weight excluding hydrogens is 290 g/mol. The molecule has 0 spiro atoms. The summed E-state index contributed by atoms with van der Waals surface area (Å²) in [7, 11) is 0.